The molecule has 0 spiro atoms. The van der Waals surface area contributed by atoms with Gasteiger partial charge in [-0.15, -0.1) is 0 Å². The van der Waals surface area contributed by atoms with Crippen LogP contribution in [-0.2, 0) is 11.3 Å². The average Bonchev–Trinajstić information content (AvgIpc) is 2.45. The van der Waals surface area contributed by atoms with Crippen molar-refractivity contribution < 1.29 is 9.53 Å². The molecule has 0 saturated heterocycles. The highest BCUT2D eigenvalue weighted by Gasteiger charge is 2.16. The van der Waals surface area contributed by atoms with Gasteiger partial charge in [0.05, 0.1) is 19.3 Å². The molecule has 0 aliphatic carbocycles. The van der Waals surface area contributed by atoms with Gasteiger partial charge in [-0.3, -0.25) is 4.79 Å². The fourth-order valence-electron chi connectivity index (χ4n) is 1.62. The van der Waals surface area contributed by atoms with Gasteiger partial charge in [0.2, 0.25) is 0 Å². The third-order valence-electron chi connectivity index (χ3n) is 2.87. The van der Waals surface area contributed by atoms with Crippen molar-refractivity contribution >= 4 is 17.0 Å². The van der Waals surface area contributed by atoms with Gasteiger partial charge in [-0.1, -0.05) is 55.9 Å². The number of thioether (sulfide) groups is 1. The molecule has 1 unspecified atom stereocenters. The third kappa shape index (κ3) is 6.93. The smallest absolute Gasteiger partial charge is 0.279 e. The Kier molecular flexibility index (Phi) is 8.34. The van der Waals surface area contributed by atoms with E-state index < -0.39 is 0 Å². The minimum Gasteiger partial charge on any atom is -0.375 e. The lowest BCUT2D eigenvalue weighted by Crippen LogP contribution is -2.40. The Morgan fingerprint density at radius 2 is 2.05 bits per heavy atom. The molecule has 20 heavy (non-hydrogen) atoms. The Hall–Kier alpha value is -1.04. The molecule has 1 aromatic carbocycles. The van der Waals surface area contributed by atoms with Gasteiger partial charge in [0.25, 0.3) is 5.24 Å². The standard InChI is InChI=1S/C15H24N2O2S/c1-12(2)14(17-15(18)20-9-8-16)11-19-10-13-6-4-3-5-7-13/h3-7,12,14H,8-11,16H2,1-2H3,(H,17,18). The molecule has 0 aliphatic heterocycles. The molecule has 1 amide bonds. The fourth-order valence-corrected chi connectivity index (χ4v) is 2.16. The van der Waals surface area contributed by atoms with E-state index in [4.69, 9.17) is 10.5 Å². The molecule has 0 aliphatic rings. The molecular weight excluding hydrogens is 272 g/mol. The predicted molar refractivity (Wildman–Crippen MR) is 84.8 cm³/mol. The first-order chi connectivity index (χ1) is 9.63. The molecule has 1 aromatic rings. The summed E-state index contributed by atoms with van der Waals surface area (Å²) in [7, 11) is 0. The van der Waals surface area contributed by atoms with E-state index in [2.05, 4.69) is 19.2 Å². The van der Waals surface area contributed by atoms with E-state index in [0.717, 1.165) is 5.56 Å². The number of carbonyl (C=O) groups excluding carboxylic acids is 1. The normalized spacial score (nSPS) is 12.4. The number of rotatable bonds is 8. The first-order valence-electron chi connectivity index (χ1n) is 6.88. The van der Waals surface area contributed by atoms with Crippen molar-refractivity contribution in [1.82, 2.24) is 5.32 Å². The van der Waals surface area contributed by atoms with E-state index in [1.54, 1.807) is 0 Å². The summed E-state index contributed by atoms with van der Waals surface area (Å²) in [5.74, 6) is 0.967. The second-order valence-corrected chi connectivity index (χ2v) is 5.99. The topological polar surface area (TPSA) is 64.3 Å². The maximum absolute atomic E-state index is 11.7. The van der Waals surface area contributed by atoms with E-state index in [0.29, 0.717) is 31.4 Å². The van der Waals surface area contributed by atoms with Crippen molar-refractivity contribution in [2.45, 2.75) is 26.5 Å². The summed E-state index contributed by atoms with van der Waals surface area (Å²) in [6.45, 7) is 5.74. The number of hydrogen-bond acceptors (Lipinski definition) is 4. The molecule has 0 radical (unpaired) electrons. The summed E-state index contributed by atoms with van der Waals surface area (Å²) < 4.78 is 5.70. The molecule has 0 bridgehead atoms. The van der Waals surface area contributed by atoms with Crippen LogP contribution < -0.4 is 11.1 Å². The molecule has 0 heterocycles. The Bertz CT molecular complexity index is 385. The fraction of sp³-hybridized carbons (Fsp3) is 0.533. The largest absolute Gasteiger partial charge is 0.375 e. The van der Waals surface area contributed by atoms with Gasteiger partial charge in [-0.25, -0.2) is 0 Å². The van der Waals surface area contributed by atoms with Crippen LogP contribution in [-0.4, -0.2) is 30.2 Å². The van der Waals surface area contributed by atoms with Crippen LogP contribution in [0.4, 0.5) is 4.79 Å². The van der Waals surface area contributed by atoms with Crippen molar-refractivity contribution in [3.63, 3.8) is 0 Å². The highest BCUT2D eigenvalue weighted by atomic mass is 32.2. The summed E-state index contributed by atoms with van der Waals surface area (Å²) >= 11 is 1.22. The number of nitrogens with two attached hydrogens (primary N) is 1. The lowest BCUT2D eigenvalue weighted by molar-refractivity contribution is 0.0899. The number of hydrogen-bond donors (Lipinski definition) is 2. The summed E-state index contributed by atoms with van der Waals surface area (Å²) in [6.07, 6.45) is 0. The van der Waals surface area contributed by atoms with Crippen LogP contribution >= 0.6 is 11.8 Å². The second-order valence-electron chi connectivity index (χ2n) is 4.92. The number of amides is 1. The van der Waals surface area contributed by atoms with Crippen molar-refractivity contribution in [2.75, 3.05) is 18.9 Å². The van der Waals surface area contributed by atoms with Crippen LogP contribution in [0.2, 0.25) is 0 Å². The van der Waals surface area contributed by atoms with Crippen molar-refractivity contribution in [3.05, 3.63) is 35.9 Å². The average molecular weight is 296 g/mol. The van der Waals surface area contributed by atoms with Crippen LogP contribution in [0.25, 0.3) is 0 Å². The summed E-state index contributed by atoms with van der Waals surface area (Å²) in [4.78, 5) is 11.7. The number of benzene rings is 1. The van der Waals surface area contributed by atoms with E-state index >= 15 is 0 Å². The minimum atomic E-state index is -0.0301. The van der Waals surface area contributed by atoms with E-state index in [1.807, 2.05) is 30.3 Å². The van der Waals surface area contributed by atoms with Crippen LogP contribution in [0.1, 0.15) is 19.4 Å². The predicted octanol–water partition coefficient (Wildman–Crippen LogP) is 2.63. The Morgan fingerprint density at radius 1 is 1.35 bits per heavy atom. The van der Waals surface area contributed by atoms with E-state index in [9.17, 15) is 4.79 Å². The van der Waals surface area contributed by atoms with Crippen LogP contribution in [0.15, 0.2) is 30.3 Å². The van der Waals surface area contributed by atoms with Gasteiger partial charge < -0.3 is 15.8 Å². The zero-order chi connectivity index (χ0) is 14.8. The summed E-state index contributed by atoms with van der Waals surface area (Å²) in [6, 6.07) is 10.0. The minimum absolute atomic E-state index is 0.0245. The molecule has 4 nitrogen and oxygen atoms in total. The summed E-state index contributed by atoms with van der Waals surface area (Å²) in [5, 5.41) is 2.95. The molecule has 112 valence electrons. The number of ether oxygens (including phenoxy) is 1. The van der Waals surface area contributed by atoms with Gasteiger partial charge in [0.1, 0.15) is 0 Å². The first-order valence-corrected chi connectivity index (χ1v) is 7.87. The molecule has 1 atom stereocenters. The molecule has 3 N–H and O–H groups in total. The Labute approximate surface area is 125 Å². The van der Waals surface area contributed by atoms with Gasteiger partial charge in [0, 0.05) is 12.3 Å². The molecule has 1 rings (SSSR count). The lowest BCUT2D eigenvalue weighted by Gasteiger charge is -2.22. The van der Waals surface area contributed by atoms with Gasteiger partial charge in [-0.05, 0) is 11.5 Å². The molecule has 5 heteroatoms. The number of nitrogens with one attached hydrogen (secondary N) is 1. The highest BCUT2D eigenvalue weighted by molar-refractivity contribution is 8.13. The highest BCUT2D eigenvalue weighted by Crippen LogP contribution is 2.08. The van der Waals surface area contributed by atoms with Crippen molar-refractivity contribution in [3.8, 4) is 0 Å². The van der Waals surface area contributed by atoms with Crippen molar-refractivity contribution in [2.24, 2.45) is 11.7 Å². The maximum atomic E-state index is 11.7. The number of carbonyl (C=O) groups is 1. The van der Waals surface area contributed by atoms with Crippen LogP contribution in [0.5, 0.6) is 0 Å². The monoisotopic (exact) mass is 296 g/mol. The maximum Gasteiger partial charge on any atom is 0.279 e. The quantitative estimate of drug-likeness (QED) is 0.774. The van der Waals surface area contributed by atoms with Crippen molar-refractivity contribution in [1.29, 1.82) is 0 Å². The second kappa shape index (κ2) is 9.80. The molecule has 0 aromatic heterocycles. The Balaban J connectivity index is 2.33. The van der Waals surface area contributed by atoms with Crippen LogP contribution in [0, 0.1) is 5.92 Å². The molecular formula is C15H24N2O2S. The van der Waals surface area contributed by atoms with E-state index in [1.165, 1.54) is 11.8 Å². The molecule has 0 fully saturated rings. The summed E-state index contributed by atoms with van der Waals surface area (Å²) in [5.41, 5.74) is 6.52. The lowest BCUT2D eigenvalue weighted by atomic mass is 10.1. The SMILES string of the molecule is CC(C)C(COCc1ccccc1)NC(=O)SCCN. The van der Waals surface area contributed by atoms with Gasteiger partial charge in [0.15, 0.2) is 0 Å². The first kappa shape index (κ1) is 17.0. The zero-order valence-corrected chi connectivity index (χ0v) is 13.0. The van der Waals surface area contributed by atoms with Gasteiger partial charge in [-0.2, -0.15) is 0 Å². The third-order valence-corrected chi connectivity index (χ3v) is 3.69. The zero-order valence-electron chi connectivity index (χ0n) is 12.2. The van der Waals surface area contributed by atoms with Crippen LogP contribution in [0.3, 0.4) is 0 Å². The molecule has 0 saturated carbocycles. The van der Waals surface area contributed by atoms with Gasteiger partial charge >= 0.3 is 0 Å². The van der Waals surface area contributed by atoms with E-state index in [-0.39, 0.29) is 11.3 Å². The Morgan fingerprint density at radius 3 is 2.65 bits per heavy atom.